The molecule has 1 aliphatic rings. The lowest BCUT2D eigenvalue weighted by Crippen LogP contribution is -2.44. The fraction of sp³-hybridized carbons (Fsp3) is 0.647. The van der Waals surface area contributed by atoms with Gasteiger partial charge in [-0.15, -0.1) is 0 Å². The highest BCUT2D eigenvalue weighted by Crippen LogP contribution is 2.40. The van der Waals surface area contributed by atoms with Crippen LogP contribution >= 0.6 is 0 Å². The summed E-state index contributed by atoms with van der Waals surface area (Å²) in [5.74, 6) is 0. The van der Waals surface area contributed by atoms with E-state index in [-0.39, 0.29) is 5.41 Å². The van der Waals surface area contributed by atoms with Crippen molar-refractivity contribution in [2.75, 3.05) is 26.7 Å². The summed E-state index contributed by atoms with van der Waals surface area (Å²) in [6.07, 6.45) is 4.77. The van der Waals surface area contributed by atoms with E-state index >= 15 is 0 Å². The first-order chi connectivity index (χ1) is 9.04. The molecule has 0 unspecified atom stereocenters. The molecule has 0 saturated heterocycles. The molecule has 2 heteroatoms. The van der Waals surface area contributed by atoms with Gasteiger partial charge in [0.15, 0.2) is 0 Å². The van der Waals surface area contributed by atoms with Crippen molar-refractivity contribution < 1.29 is 5.11 Å². The van der Waals surface area contributed by atoms with Crippen LogP contribution in [0.1, 0.15) is 36.0 Å². The van der Waals surface area contributed by atoms with Crippen LogP contribution in [0.5, 0.6) is 0 Å². The lowest BCUT2D eigenvalue weighted by Gasteiger charge is -2.43. The number of hydrogen-bond acceptors (Lipinski definition) is 2. The second kappa shape index (κ2) is 6.06. The summed E-state index contributed by atoms with van der Waals surface area (Å²) in [4.78, 5) is 2.39. The summed E-state index contributed by atoms with van der Waals surface area (Å²) in [7, 11) is 2.18. The average Bonchev–Trinajstić information content (AvgIpc) is 2.35. The van der Waals surface area contributed by atoms with Crippen LogP contribution in [-0.2, 0) is 6.42 Å². The largest absolute Gasteiger partial charge is 0.396 e. The second-order valence-electron chi connectivity index (χ2n) is 6.43. The highest BCUT2D eigenvalue weighted by atomic mass is 16.3. The van der Waals surface area contributed by atoms with Gasteiger partial charge in [0, 0.05) is 25.1 Å². The van der Waals surface area contributed by atoms with Gasteiger partial charge in [-0.2, -0.15) is 0 Å². The molecule has 0 atom stereocenters. The summed E-state index contributed by atoms with van der Waals surface area (Å²) in [6, 6.07) is 6.69. The highest BCUT2D eigenvalue weighted by molar-refractivity contribution is 5.30. The first-order valence-corrected chi connectivity index (χ1v) is 7.40. The Balaban J connectivity index is 1.86. The van der Waals surface area contributed by atoms with E-state index < -0.39 is 0 Å². The van der Waals surface area contributed by atoms with Crippen molar-refractivity contribution in [3.05, 3.63) is 34.9 Å². The quantitative estimate of drug-likeness (QED) is 0.851. The number of rotatable bonds is 6. The number of aryl methyl sites for hydroxylation is 2. The summed E-state index contributed by atoms with van der Waals surface area (Å²) in [6.45, 7) is 6.80. The van der Waals surface area contributed by atoms with Crippen LogP contribution < -0.4 is 0 Å². The lowest BCUT2D eigenvalue weighted by atomic mass is 9.69. The molecule has 106 valence electrons. The Morgan fingerprint density at radius 1 is 1.26 bits per heavy atom. The molecule has 1 saturated carbocycles. The number of aliphatic hydroxyl groups is 1. The molecule has 1 aromatic carbocycles. The molecule has 0 amide bonds. The smallest absolute Gasteiger partial charge is 0.0499 e. The molecule has 0 aromatic heterocycles. The minimum atomic E-state index is 0.205. The van der Waals surface area contributed by atoms with Crippen molar-refractivity contribution in [2.45, 2.75) is 39.5 Å². The van der Waals surface area contributed by atoms with Crippen molar-refractivity contribution >= 4 is 0 Å². The molecule has 1 aromatic rings. The van der Waals surface area contributed by atoms with Crippen LogP contribution in [0.15, 0.2) is 18.2 Å². The molecular weight excluding hydrogens is 234 g/mol. The summed E-state index contributed by atoms with van der Waals surface area (Å²) in [5, 5.41) is 9.52. The van der Waals surface area contributed by atoms with E-state index in [0.29, 0.717) is 6.61 Å². The minimum absolute atomic E-state index is 0.205. The van der Waals surface area contributed by atoms with Gasteiger partial charge in [0.05, 0.1) is 0 Å². The topological polar surface area (TPSA) is 23.5 Å². The third kappa shape index (κ3) is 3.58. The van der Waals surface area contributed by atoms with Gasteiger partial charge >= 0.3 is 0 Å². The van der Waals surface area contributed by atoms with Crippen molar-refractivity contribution in [1.82, 2.24) is 4.90 Å². The van der Waals surface area contributed by atoms with E-state index in [0.717, 1.165) is 19.5 Å². The van der Waals surface area contributed by atoms with Gasteiger partial charge < -0.3 is 10.0 Å². The van der Waals surface area contributed by atoms with Gasteiger partial charge in [0.25, 0.3) is 0 Å². The Morgan fingerprint density at radius 2 is 2.00 bits per heavy atom. The van der Waals surface area contributed by atoms with E-state index in [9.17, 15) is 5.11 Å². The van der Waals surface area contributed by atoms with Crippen molar-refractivity contribution in [1.29, 1.82) is 0 Å². The van der Waals surface area contributed by atoms with Gasteiger partial charge in [-0.25, -0.2) is 0 Å². The molecule has 1 fully saturated rings. The van der Waals surface area contributed by atoms with E-state index in [4.69, 9.17) is 0 Å². The van der Waals surface area contributed by atoms with Gasteiger partial charge in [0.1, 0.15) is 0 Å². The molecule has 1 N–H and O–H groups in total. The lowest BCUT2D eigenvalue weighted by molar-refractivity contribution is 0.0149. The highest BCUT2D eigenvalue weighted by Gasteiger charge is 2.36. The van der Waals surface area contributed by atoms with E-state index in [1.165, 1.54) is 36.0 Å². The monoisotopic (exact) mass is 261 g/mol. The fourth-order valence-electron chi connectivity index (χ4n) is 3.08. The number of likely N-dealkylation sites (N-methyl/N-ethyl adjacent to an activating group) is 1. The number of hydrogen-bond donors (Lipinski definition) is 1. The number of aliphatic hydroxyl groups excluding tert-OH is 1. The zero-order valence-corrected chi connectivity index (χ0v) is 12.6. The first kappa shape index (κ1) is 14.5. The molecule has 1 aliphatic carbocycles. The van der Waals surface area contributed by atoms with Gasteiger partial charge in [-0.05, 0) is 51.3 Å². The van der Waals surface area contributed by atoms with Crippen molar-refractivity contribution in [3.63, 3.8) is 0 Å². The van der Waals surface area contributed by atoms with Crippen LogP contribution in [-0.4, -0.2) is 36.8 Å². The Bertz CT molecular complexity index is 418. The zero-order chi connectivity index (χ0) is 13.9. The molecular formula is C17H27NO. The van der Waals surface area contributed by atoms with Gasteiger partial charge in [-0.1, -0.05) is 30.2 Å². The SMILES string of the molecule is Cc1ccc(C)c(CCN(C)CC2(CO)CCC2)c1. The van der Waals surface area contributed by atoms with Crippen LogP contribution in [0.25, 0.3) is 0 Å². The molecule has 2 nitrogen and oxygen atoms in total. The Labute approximate surface area is 117 Å². The summed E-state index contributed by atoms with van der Waals surface area (Å²) < 4.78 is 0. The Kier molecular flexibility index (Phi) is 4.64. The molecule has 0 radical (unpaired) electrons. The van der Waals surface area contributed by atoms with Crippen molar-refractivity contribution in [2.24, 2.45) is 5.41 Å². The third-order valence-corrected chi connectivity index (χ3v) is 4.62. The predicted molar refractivity (Wildman–Crippen MR) is 80.5 cm³/mol. The maximum Gasteiger partial charge on any atom is 0.0499 e. The minimum Gasteiger partial charge on any atom is -0.396 e. The maximum absolute atomic E-state index is 9.52. The third-order valence-electron chi connectivity index (χ3n) is 4.62. The van der Waals surface area contributed by atoms with Crippen molar-refractivity contribution in [3.8, 4) is 0 Å². The average molecular weight is 261 g/mol. The van der Waals surface area contributed by atoms with Gasteiger partial charge in [0.2, 0.25) is 0 Å². The molecule has 0 spiro atoms. The van der Waals surface area contributed by atoms with E-state index in [1.807, 2.05) is 0 Å². The van der Waals surface area contributed by atoms with Crippen LogP contribution in [0.2, 0.25) is 0 Å². The van der Waals surface area contributed by atoms with Crippen LogP contribution in [0.4, 0.5) is 0 Å². The van der Waals surface area contributed by atoms with Crippen LogP contribution in [0, 0.1) is 19.3 Å². The van der Waals surface area contributed by atoms with Crippen LogP contribution in [0.3, 0.4) is 0 Å². The molecule has 2 rings (SSSR count). The van der Waals surface area contributed by atoms with E-state index in [2.05, 4.69) is 44.0 Å². The zero-order valence-electron chi connectivity index (χ0n) is 12.6. The molecule has 19 heavy (non-hydrogen) atoms. The summed E-state index contributed by atoms with van der Waals surface area (Å²) >= 11 is 0. The number of benzene rings is 1. The maximum atomic E-state index is 9.52. The number of nitrogens with zero attached hydrogens (tertiary/aromatic N) is 1. The standard InChI is InChI=1S/C17H27NO/c1-14-5-6-15(2)16(11-14)7-10-18(3)12-17(13-19)8-4-9-17/h5-6,11,19H,4,7-10,12-13H2,1-3H3. The summed E-state index contributed by atoms with van der Waals surface area (Å²) in [5.41, 5.74) is 4.39. The molecule has 0 heterocycles. The normalized spacial score (nSPS) is 17.5. The molecule has 0 aliphatic heterocycles. The first-order valence-electron chi connectivity index (χ1n) is 7.40. The second-order valence-corrected chi connectivity index (χ2v) is 6.43. The Hall–Kier alpha value is -0.860. The Morgan fingerprint density at radius 3 is 2.58 bits per heavy atom. The van der Waals surface area contributed by atoms with Gasteiger partial charge in [-0.3, -0.25) is 0 Å². The molecule has 0 bridgehead atoms. The predicted octanol–water partition coefficient (Wildman–Crippen LogP) is 2.94. The fourth-order valence-corrected chi connectivity index (χ4v) is 3.08. The van der Waals surface area contributed by atoms with E-state index in [1.54, 1.807) is 0 Å².